The molecule has 1 fully saturated rings. The van der Waals surface area contributed by atoms with Crippen LogP contribution in [-0.2, 0) is 11.3 Å². The number of anilines is 2. The van der Waals surface area contributed by atoms with Crippen molar-refractivity contribution in [2.24, 2.45) is 0 Å². The summed E-state index contributed by atoms with van der Waals surface area (Å²) in [5.74, 6) is 1.16. The fraction of sp³-hybridized carbons (Fsp3) is 0.333. The van der Waals surface area contributed by atoms with Crippen molar-refractivity contribution in [2.45, 2.75) is 32.2 Å². The zero-order valence-corrected chi connectivity index (χ0v) is 22.7. The number of amides is 2. The molecule has 1 N–H and O–H groups in total. The van der Waals surface area contributed by atoms with Crippen LogP contribution >= 0.6 is 0 Å². The Morgan fingerprint density at radius 1 is 1.11 bits per heavy atom. The fourth-order valence-electron chi connectivity index (χ4n) is 4.95. The molecule has 7 nitrogen and oxygen atoms in total. The van der Waals surface area contributed by atoms with E-state index in [0.717, 1.165) is 58.9 Å². The first-order chi connectivity index (χ1) is 18.5. The number of carbonyl (C=O) groups excluding carboxylic acids is 1. The molecule has 4 aromatic rings. The molecule has 2 radical (unpaired) electrons. The Kier molecular flexibility index (Phi) is 9.08. The molecule has 8 heteroatoms. The number of likely N-dealkylation sites (tertiary alicyclic amines) is 1. The predicted molar refractivity (Wildman–Crippen MR) is 156 cm³/mol. The van der Waals surface area contributed by atoms with Crippen LogP contribution in [0.15, 0.2) is 72.9 Å². The third-order valence-corrected chi connectivity index (χ3v) is 6.80. The molecule has 196 valence electrons. The number of urea groups is 1. The molecule has 1 atom stereocenters. The van der Waals surface area contributed by atoms with Crippen LogP contribution in [0.3, 0.4) is 0 Å². The maximum atomic E-state index is 13.1. The molecule has 0 spiro atoms. The van der Waals surface area contributed by atoms with E-state index in [1.807, 2.05) is 60.3 Å². The van der Waals surface area contributed by atoms with Gasteiger partial charge in [-0.25, -0.2) is 9.78 Å². The van der Waals surface area contributed by atoms with Gasteiger partial charge in [-0.1, -0.05) is 31.1 Å². The SMILES string of the molecule is COCc1cccc(-c2nc(C3CCCN(C(=O)Nc4ccc(N(C)C)cc4)C3)n3ccccc23)c1.[B]C. The molecule has 2 aromatic heterocycles. The lowest BCUT2D eigenvalue weighted by Gasteiger charge is -2.32. The molecule has 2 amide bonds. The van der Waals surface area contributed by atoms with Crippen molar-refractivity contribution in [1.82, 2.24) is 14.3 Å². The summed E-state index contributed by atoms with van der Waals surface area (Å²) in [7, 11) is 10.2. The van der Waals surface area contributed by atoms with Gasteiger partial charge in [0, 0.05) is 63.3 Å². The van der Waals surface area contributed by atoms with Crippen molar-refractivity contribution >= 4 is 30.8 Å². The molecule has 0 saturated carbocycles. The number of imidazole rings is 1. The highest BCUT2D eigenvalue weighted by molar-refractivity contribution is 6.05. The summed E-state index contributed by atoms with van der Waals surface area (Å²) in [4.78, 5) is 22.2. The lowest BCUT2D eigenvalue weighted by Crippen LogP contribution is -2.42. The molecule has 1 unspecified atom stereocenters. The standard InChI is InChI=1S/C29H33N5O2.CH3B/c1-32(2)25-14-12-24(13-15-25)30-29(35)33-16-7-10-23(19-33)28-31-27(26-11-4-5-17-34(26)28)22-9-6-8-21(18-22)20-36-3;1-2/h4-6,8-9,11-15,17-18,23H,7,10,16,19-20H2,1-3H3,(H,30,35);1H3. The highest BCUT2D eigenvalue weighted by atomic mass is 16.5. The van der Waals surface area contributed by atoms with Crippen LogP contribution in [-0.4, -0.2) is 62.5 Å². The number of piperidine rings is 1. The smallest absolute Gasteiger partial charge is 0.321 e. The van der Waals surface area contributed by atoms with E-state index in [1.165, 1.54) is 6.82 Å². The largest absolute Gasteiger partial charge is 0.380 e. The van der Waals surface area contributed by atoms with Crippen LogP contribution in [0.2, 0.25) is 6.82 Å². The van der Waals surface area contributed by atoms with Crippen molar-refractivity contribution < 1.29 is 9.53 Å². The number of rotatable bonds is 6. The molecule has 5 rings (SSSR count). The molecule has 0 aliphatic carbocycles. The van der Waals surface area contributed by atoms with E-state index < -0.39 is 0 Å². The number of nitrogens with zero attached hydrogens (tertiary/aromatic N) is 4. The van der Waals surface area contributed by atoms with Crippen LogP contribution in [0.4, 0.5) is 16.2 Å². The Morgan fingerprint density at radius 2 is 1.89 bits per heavy atom. The molecular weight excluding hydrogens is 473 g/mol. The second kappa shape index (κ2) is 12.7. The number of fused-ring (bicyclic) bond motifs is 1. The Hall–Kier alpha value is -3.78. The van der Waals surface area contributed by atoms with Crippen molar-refractivity contribution in [3.8, 4) is 11.3 Å². The molecule has 3 heterocycles. The van der Waals surface area contributed by atoms with E-state index in [0.29, 0.717) is 13.2 Å². The zero-order chi connectivity index (χ0) is 27.1. The average molecular weight is 509 g/mol. The topological polar surface area (TPSA) is 62.1 Å². The number of hydrogen-bond acceptors (Lipinski definition) is 4. The Bertz CT molecular complexity index is 1350. The van der Waals surface area contributed by atoms with Gasteiger partial charge in [0.25, 0.3) is 0 Å². The van der Waals surface area contributed by atoms with Crippen LogP contribution in [0, 0.1) is 0 Å². The summed E-state index contributed by atoms with van der Waals surface area (Å²) in [6.07, 6.45) is 4.02. The number of ether oxygens (including phenoxy) is 1. The van der Waals surface area contributed by atoms with Crippen LogP contribution in [0.1, 0.15) is 30.1 Å². The van der Waals surface area contributed by atoms with Gasteiger partial charge in [0.05, 0.1) is 25.7 Å². The van der Waals surface area contributed by atoms with Gasteiger partial charge in [0.1, 0.15) is 5.82 Å². The number of aromatic nitrogens is 2. The highest BCUT2D eigenvalue weighted by Crippen LogP contribution is 2.32. The van der Waals surface area contributed by atoms with Crippen molar-refractivity contribution in [3.63, 3.8) is 0 Å². The van der Waals surface area contributed by atoms with Gasteiger partial charge in [0.15, 0.2) is 0 Å². The Labute approximate surface area is 226 Å². The second-order valence-electron chi connectivity index (χ2n) is 9.56. The van der Waals surface area contributed by atoms with Gasteiger partial charge in [-0.15, -0.1) is 0 Å². The maximum Gasteiger partial charge on any atom is 0.321 e. The summed E-state index contributed by atoms with van der Waals surface area (Å²) < 4.78 is 7.51. The van der Waals surface area contributed by atoms with Gasteiger partial charge in [0.2, 0.25) is 0 Å². The monoisotopic (exact) mass is 509 g/mol. The lowest BCUT2D eigenvalue weighted by atomic mass is 9.97. The third-order valence-electron chi connectivity index (χ3n) is 6.80. The number of hydrogen-bond donors (Lipinski definition) is 1. The summed E-state index contributed by atoms with van der Waals surface area (Å²) in [5.41, 5.74) is 6.13. The van der Waals surface area contributed by atoms with Gasteiger partial charge in [-0.05, 0) is 60.9 Å². The predicted octanol–water partition coefficient (Wildman–Crippen LogP) is 5.83. The van der Waals surface area contributed by atoms with E-state index in [-0.39, 0.29) is 11.9 Å². The number of methoxy groups -OCH3 is 1. The molecule has 1 aliphatic rings. The quantitative estimate of drug-likeness (QED) is 0.333. The molecule has 38 heavy (non-hydrogen) atoms. The first-order valence-corrected chi connectivity index (χ1v) is 13.0. The minimum atomic E-state index is -0.0642. The van der Waals surface area contributed by atoms with Crippen LogP contribution in [0.5, 0.6) is 0 Å². The number of pyridine rings is 1. The van der Waals surface area contributed by atoms with E-state index in [4.69, 9.17) is 9.72 Å². The highest BCUT2D eigenvalue weighted by Gasteiger charge is 2.28. The van der Waals surface area contributed by atoms with Crippen molar-refractivity contribution in [3.05, 3.63) is 84.3 Å². The van der Waals surface area contributed by atoms with Crippen molar-refractivity contribution in [1.29, 1.82) is 0 Å². The fourth-order valence-corrected chi connectivity index (χ4v) is 4.95. The molecule has 1 aliphatic heterocycles. The zero-order valence-electron chi connectivity index (χ0n) is 22.7. The van der Waals surface area contributed by atoms with Crippen LogP contribution < -0.4 is 10.2 Å². The Balaban J connectivity index is 0.00000164. The minimum absolute atomic E-state index is 0.0642. The molecule has 2 aromatic carbocycles. The normalized spacial score (nSPS) is 15.1. The third kappa shape index (κ3) is 6.02. The van der Waals surface area contributed by atoms with E-state index in [9.17, 15) is 4.79 Å². The first kappa shape index (κ1) is 27.3. The first-order valence-electron chi connectivity index (χ1n) is 13.0. The van der Waals surface area contributed by atoms with Crippen molar-refractivity contribution in [2.75, 3.05) is 44.5 Å². The lowest BCUT2D eigenvalue weighted by molar-refractivity contribution is 0.185. The van der Waals surface area contributed by atoms with E-state index in [1.54, 1.807) is 7.11 Å². The molecular formula is C30H36BN5O2. The van der Waals surface area contributed by atoms with Gasteiger partial charge < -0.3 is 24.3 Å². The summed E-state index contributed by atoms with van der Waals surface area (Å²) in [6, 6.07) is 22.4. The van der Waals surface area contributed by atoms with Gasteiger partial charge in [-0.3, -0.25) is 0 Å². The molecule has 1 saturated heterocycles. The summed E-state index contributed by atoms with van der Waals surface area (Å²) in [6.45, 7) is 3.45. The Morgan fingerprint density at radius 3 is 2.63 bits per heavy atom. The maximum absolute atomic E-state index is 13.1. The van der Waals surface area contributed by atoms with Gasteiger partial charge >= 0.3 is 6.03 Å². The number of benzene rings is 2. The summed E-state index contributed by atoms with van der Waals surface area (Å²) in [5, 5.41) is 3.07. The number of nitrogens with one attached hydrogen (secondary N) is 1. The van der Waals surface area contributed by atoms with Crippen LogP contribution in [0.25, 0.3) is 16.8 Å². The van der Waals surface area contributed by atoms with E-state index in [2.05, 4.69) is 54.1 Å². The summed E-state index contributed by atoms with van der Waals surface area (Å²) >= 11 is 0. The average Bonchev–Trinajstić information content (AvgIpc) is 3.35. The second-order valence-corrected chi connectivity index (χ2v) is 9.56. The number of carbonyl (C=O) groups is 1. The van der Waals surface area contributed by atoms with Gasteiger partial charge in [-0.2, -0.15) is 0 Å². The minimum Gasteiger partial charge on any atom is -0.380 e. The molecule has 0 bridgehead atoms. The van der Waals surface area contributed by atoms with E-state index >= 15 is 0 Å².